The minimum Gasteiger partial charge on any atom is -0.368 e. The predicted molar refractivity (Wildman–Crippen MR) is 102 cm³/mol. The molecule has 2 aromatic rings. The Balaban J connectivity index is 1.32. The molecule has 1 unspecified atom stereocenters. The summed E-state index contributed by atoms with van der Waals surface area (Å²) in [5.41, 5.74) is 2.37. The lowest BCUT2D eigenvalue weighted by molar-refractivity contribution is -0.133. The number of nitrogens with one attached hydrogen (secondary N) is 1. The molecule has 1 amide bonds. The lowest BCUT2D eigenvalue weighted by Crippen LogP contribution is -2.53. The van der Waals surface area contributed by atoms with Crippen molar-refractivity contribution in [3.05, 3.63) is 60.4 Å². The molecule has 6 heteroatoms. The fourth-order valence-electron chi connectivity index (χ4n) is 3.38. The van der Waals surface area contributed by atoms with Crippen molar-refractivity contribution in [1.82, 2.24) is 15.2 Å². The van der Waals surface area contributed by atoms with E-state index in [1.807, 2.05) is 23.2 Å². The molecule has 4 rings (SSSR count). The summed E-state index contributed by atoms with van der Waals surface area (Å²) in [4.78, 5) is 21.4. The van der Waals surface area contributed by atoms with Crippen molar-refractivity contribution in [1.29, 1.82) is 0 Å². The Bertz CT molecular complexity index is 704. The number of rotatable bonds is 3. The van der Waals surface area contributed by atoms with E-state index in [0.717, 1.165) is 37.5 Å². The van der Waals surface area contributed by atoms with Crippen molar-refractivity contribution in [3.63, 3.8) is 0 Å². The van der Waals surface area contributed by atoms with E-state index in [2.05, 4.69) is 45.5 Å². The van der Waals surface area contributed by atoms with E-state index in [0.29, 0.717) is 0 Å². The van der Waals surface area contributed by atoms with E-state index in [1.165, 1.54) is 5.69 Å². The summed E-state index contributed by atoms with van der Waals surface area (Å²) < 4.78 is 0. The highest BCUT2D eigenvalue weighted by Crippen LogP contribution is 2.32. The molecule has 0 radical (unpaired) electrons. The molecule has 0 aliphatic carbocycles. The van der Waals surface area contributed by atoms with Gasteiger partial charge in [0.1, 0.15) is 0 Å². The first-order valence-corrected chi connectivity index (χ1v) is 9.72. The molecule has 2 aliphatic heterocycles. The predicted octanol–water partition coefficient (Wildman–Crippen LogP) is 2.13. The van der Waals surface area contributed by atoms with Crippen molar-refractivity contribution in [2.75, 3.05) is 36.8 Å². The number of aromatic nitrogens is 1. The molecule has 130 valence electrons. The van der Waals surface area contributed by atoms with Crippen LogP contribution in [-0.2, 0) is 4.79 Å². The normalized spacial score (nSPS) is 23.7. The smallest absolute Gasteiger partial charge is 0.240 e. The molecule has 2 aliphatic rings. The summed E-state index contributed by atoms with van der Waals surface area (Å²) in [6, 6.07) is 14.3. The Morgan fingerprint density at radius 3 is 2.60 bits per heavy atom. The number of para-hydroxylation sites is 1. The van der Waals surface area contributed by atoms with Gasteiger partial charge in [0.25, 0.3) is 0 Å². The summed E-state index contributed by atoms with van der Waals surface area (Å²) in [5.74, 6) is 1.05. The number of carbonyl (C=O) groups excluding carboxylic acids is 1. The van der Waals surface area contributed by atoms with Gasteiger partial charge in [-0.2, -0.15) is 0 Å². The van der Waals surface area contributed by atoms with E-state index >= 15 is 0 Å². The van der Waals surface area contributed by atoms with Crippen LogP contribution in [0, 0.1) is 0 Å². The number of anilines is 1. The van der Waals surface area contributed by atoms with E-state index in [4.69, 9.17) is 0 Å². The van der Waals surface area contributed by atoms with E-state index in [1.54, 1.807) is 18.0 Å². The van der Waals surface area contributed by atoms with Crippen molar-refractivity contribution in [2.45, 2.75) is 11.4 Å². The van der Waals surface area contributed by atoms with Crippen molar-refractivity contribution >= 4 is 23.4 Å². The molecule has 5 nitrogen and oxygen atoms in total. The van der Waals surface area contributed by atoms with Crippen molar-refractivity contribution < 1.29 is 4.79 Å². The molecule has 3 heterocycles. The molecule has 0 spiro atoms. The van der Waals surface area contributed by atoms with Gasteiger partial charge in [0, 0.05) is 50.0 Å². The van der Waals surface area contributed by atoms with Gasteiger partial charge in [-0.15, -0.1) is 11.8 Å². The van der Waals surface area contributed by atoms with E-state index in [-0.39, 0.29) is 17.3 Å². The lowest BCUT2D eigenvalue weighted by atomic mass is 10.2. The van der Waals surface area contributed by atoms with Gasteiger partial charge in [0.15, 0.2) is 0 Å². The van der Waals surface area contributed by atoms with Crippen LogP contribution in [0.1, 0.15) is 10.9 Å². The molecule has 2 atom stereocenters. The minimum absolute atomic E-state index is 0.0986. The molecule has 1 aromatic heterocycles. The molecular weight excluding hydrogens is 332 g/mol. The zero-order valence-electron chi connectivity index (χ0n) is 14.0. The quantitative estimate of drug-likeness (QED) is 0.915. The highest BCUT2D eigenvalue weighted by atomic mass is 32.2. The first-order chi connectivity index (χ1) is 12.3. The summed E-state index contributed by atoms with van der Waals surface area (Å²) >= 11 is 1.78. The molecular formula is C19H22N4OS. The largest absolute Gasteiger partial charge is 0.368 e. The number of hydrogen-bond donors (Lipinski definition) is 1. The maximum absolute atomic E-state index is 12.8. The van der Waals surface area contributed by atoms with E-state index in [9.17, 15) is 4.79 Å². The van der Waals surface area contributed by atoms with E-state index < -0.39 is 0 Å². The molecule has 25 heavy (non-hydrogen) atoms. The van der Waals surface area contributed by atoms with Gasteiger partial charge in [0.05, 0.1) is 11.4 Å². The highest BCUT2D eigenvalue weighted by Gasteiger charge is 2.34. The topological polar surface area (TPSA) is 48.5 Å². The first kappa shape index (κ1) is 16.4. The van der Waals surface area contributed by atoms with Gasteiger partial charge in [-0.1, -0.05) is 24.3 Å². The summed E-state index contributed by atoms with van der Waals surface area (Å²) in [7, 11) is 0. The maximum atomic E-state index is 12.8. The van der Waals surface area contributed by atoms with Crippen LogP contribution in [-0.4, -0.2) is 53.8 Å². The summed E-state index contributed by atoms with van der Waals surface area (Å²) in [6.07, 6.45) is 3.65. The van der Waals surface area contributed by atoms with Crippen LogP contribution in [0.5, 0.6) is 0 Å². The zero-order valence-corrected chi connectivity index (χ0v) is 14.9. The Morgan fingerprint density at radius 2 is 1.88 bits per heavy atom. The van der Waals surface area contributed by atoms with Gasteiger partial charge in [-0.05, 0) is 23.8 Å². The molecule has 0 bridgehead atoms. The average molecular weight is 354 g/mol. The maximum Gasteiger partial charge on any atom is 0.240 e. The first-order valence-electron chi connectivity index (χ1n) is 8.67. The van der Waals surface area contributed by atoms with Gasteiger partial charge in [-0.25, -0.2) is 0 Å². The van der Waals surface area contributed by atoms with Gasteiger partial charge in [0.2, 0.25) is 5.91 Å². The number of pyridine rings is 1. The SMILES string of the molecule is O=C([C@@H]1CSC(c2cccnc2)N1)N1CCN(c2ccccc2)CC1. The zero-order chi connectivity index (χ0) is 17.1. The van der Waals surface area contributed by atoms with Crippen LogP contribution < -0.4 is 10.2 Å². The van der Waals surface area contributed by atoms with Crippen LogP contribution in [0.4, 0.5) is 5.69 Å². The summed E-state index contributed by atoms with van der Waals surface area (Å²) in [6.45, 7) is 3.35. The monoisotopic (exact) mass is 354 g/mol. The third-order valence-electron chi connectivity index (χ3n) is 4.78. The number of hydrogen-bond acceptors (Lipinski definition) is 5. The Hall–Kier alpha value is -2.05. The second-order valence-electron chi connectivity index (χ2n) is 6.37. The number of benzene rings is 1. The fraction of sp³-hybridized carbons (Fsp3) is 0.368. The van der Waals surface area contributed by atoms with Crippen LogP contribution in [0.3, 0.4) is 0 Å². The Labute approximate surface area is 152 Å². The van der Waals surface area contributed by atoms with Crippen molar-refractivity contribution in [2.24, 2.45) is 0 Å². The number of nitrogens with zero attached hydrogens (tertiary/aromatic N) is 3. The Morgan fingerprint density at radius 1 is 1.08 bits per heavy atom. The molecule has 0 saturated carbocycles. The third-order valence-corrected chi connectivity index (χ3v) is 6.05. The minimum atomic E-state index is -0.0986. The highest BCUT2D eigenvalue weighted by molar-refractivity contribution is 7.99. The van der Waals surface area contributed by atoms with Crippen molar-refractivity contribution in [3.8, 4) is 0 Å². The summed E-state index contributed by atoms with van der Waals surface area (Å²) in [5, 5.41) is 3.63. The number of piperazine rings is 1. The van der Waals surface area contributed by atoms with Gasteiger partial charge in [-0.3, -0.25) is 15.1 Å². The standard InChI is InChI=1S/C19H22N4OS/c24-19(17-14-25-18(21-17)15-5-4-8-20-13-15)23-11-9-22(10-12-23)16-6-2-1-3-7-16/h1-8,13,17-18,21H,9-12,14H2/t17-,18?/m0/s1. The second kappa shape index (κ2) is 7.45. The molecule has 2 saturated heterocycles. The second-order valence-corrected chi connectivity index (χ2v) is 7.50. The van der Waals surface area contributed by atoms with Crippen LogP contribution in [0.2, 0.25) is 0 Å². The van der Waals surface area contributed by atoms with Crippen LogP contribution >= 0.6 is 11.8 Å². The van der Waals surface area contributed by atoms with Crippen LogP contribution in [0.25, 0.3) is 0 Å². The third kappa shape index (κ3) is 3.65. The average Bonchev–Trinajstić information content (AvgIpc) is 3.19. The number of carbonyl (C=O) groups is 1. The van der Waals surface area contributed by atoms with Crippen LogP contribution in [0.15, 0.2) is 54.9 Å². The van der Waals surface area contributed by atoms with Gasteiger partial charge < -0.3 is 9.80 Å². The molecule has 1 N–H and O–H groups in total. The Kier molecular flexibility index (Phi) is 4.90. The molecule has 2 fully saturated rings. The number of amides is 1. The fourth-order valence-corrected chi connectivity index (χ4v) is 4.60. The van der Waals surface area contributed by atoms with Gasteiger partial charge >= 0.3 is 0 Å². The lowest BCUT2D eigenvalue weighted by Gasteiger charge is -2.37. The molecule has 1 aromatic carbocycles. The number of thioether (sulfide) groups is 1.